The maximum absolute atomic E-state index is 8.86. The first-order valence-electron chi connectivity index (χ1n) is 7.40. The zero-order valence-electron chi connectivity index (χ0n) is 14.1. The van der Waals surface area contributed by atoms with Crippen molar-refractivity contribution in [3.05, 3.63) is 29.8 Å². The number of ether oxygens (including phenoxy) is 1. The molecule has 0 aliphatic carbocycles. The minimum atomic E-state index is -1.77. The van der Waals surface area contributed by atoms with Crippen molar-refractivity contribution in [3.8, 4) is 11.8 Å². The lowest BCUT2D eigenvalue weighted by Gasteiger charge is -2.36. The highest BCUT2D eigenvalue weighted by atomic mass is 28.4. The molecule has 1 rings (SSSR count). The van der Waals surface area contributed by atoms with E-state index in [0.717, 1.165) is 18.6 Å². The molecule has 0 aliphatic rings. The van der Waals surface area contributed by atoms with Crippen molar-refractivity contribution in [2.24, 2.45) is 0 Å². The third kappa shape index (κ3) is 5.18. The van der Waals surface area contributed by atoms with E-state index < -0.39 is 8.32 Å². The third-order valence-corrected chi connectivity index (χ3v) is 8.58. The van der Waals surface area contributed by atoms with E-state index >= 15 is 0 Å². The minimum absolute atomic E-state index is 0.199. The van der Waals surface area contributed by atoms with E-state index in [-0.39, 0.29) is 11.1 Å². The van der Waals surface area contributed by atoms with Gasteiger partial charge in [0.25, 0.3) is 0 Å². The number of nitrogens with zero attached hydrogens (tertiary/aromatic N) is 1. The van der Waals surface area contributed by atoms with Gasteiger partial charge in [0, 0.05) is 7.11 Å². The van der Waals surface area contributed by atoms with E-state index in [1.54, 1.807) is 7.11 Å². The second-order valence-corrected chi connectivity index (χ2v) is 11.6. The molecule has 0 saturated carbocycles. The molecule has 0 fully saturated rings. The molecule has 4 heteroatoms. The topological polar surface area (TPSA) is 42.2 Å². The molecule has 0 N–H and O–H groups in total. The Morgan fingerprint density at radius 1 is 1.19 bits per heavy atom. The summed E-state index contributed by atoms with van der Waals surface area (Å²) < 4.78 is 11.3. The van der Waals surface area contributed by atoms with Crippen LogP contribution in [-0.4, -0.2) is 21.5 Å². The molecule has 0 amide bonds. The average molecular weight is 305 g/mol. The molecule has 0 aromatic heterocycles. The Bertz CT molecular complexity index is 483. The molecular weight excluding hydrogens is 278 g/mol. The van der Waals surface area contributed by atoms with Crippen molar-refractivity contribution in [1.82, 2.24) is 0 Å². The minimum Gasteiger partial charge on any atom is -0.544 e. The normalized spacial score (nSPS) is 13.6. The lowest BCUT2D eigenvalue weighted by Crippen LogP contribution is -2.43. The van der Waals surface area contributed by atoms with Crippen molar-refractivity contribution in [3.63, 3.8) is 0 Å². The van der Waals surface area contributed by atoms with Crippen molar-refractivity contribution >= 4 is 8.32 Å². The largest absolute Gasteiger partial charge is 0.544 e. The Balaban J connectivity index is 2.65. The van der Waals surface area contributed by atoms with Gasteiger partial charge in [0.15, 0.2) is 0 Å². The first-order valence-corrected chi connectivity index (χ1v) is 10.3. The summed E-state index contributed by atoms with van der Waals surface area (Å²) >= 11 is 0. The molecule has 0 spiro atoms. The smallest absolute Gasteiger partial charge is 0.250 e. The van der Waals surface area contributed by atoms with Gasteiger partial charge >= 0.3 is 0 Å². The maximum atomic E-state index is 8.86. The van der Waals surface area contributed by atoms with Gasteiger partial charge < -0.3 is 9.16 Å². The molecule has 0 heterocycles. The molecule has 0 aliphatic heterocycles. The summed E-state index contributed by atoms with van der Waals surface area (Å²) in [5.41, 5.74) is 1.20. The van der Waals surface area contributed by atoms with E-state index in [0.29, 0.717) is 0 Å². The van der Waals surface area contributed by atoms with E-state index in [1.165, 1.54) is 5.56 Å². The van der Waals surface area contributed by atoms with Gasteiger partial charge in [-0.3, -0.25) is 0 Å². The second kappa shape index (κ2) is 7.10. The lowest BCUT2D eigenvalue weighted by molar-refractivity contribution is 0.139. The standard InChI is InChI=1S/C17H27NO2Si/c1-17(2,3)21(5,6)20-15-10-7-14(8-11-15)9-12-16(13-18)19-4/h7-8,10-11,16H,9,12H2,1-6H3. The van der Waals surface area contributed by atoms with Crippen LogP contribution < -0.4 is 4.43 Å². The molecule has 1 atom stereocenters. The van der Waals surface area contributed by atoms with E-state index in [9.17, 15) is 0 Å². The molecule has 21 heavy (non-hydrogen) atoms. The Kier molecular flexibility index (Phi) is 6.00. The molecule has 0 radical (unpaired) electrons. The van der Waals surface area contributed by atoms with Crippen LogP contribution in [0, 0.1) is 11.3 Å². The van der Waals surface area contributed by atoms with Crippen molar-refractivity contribution in [1.29, 1.82) is 5.26 Å². The molecule has 0 bridgehead atoms. The molecule has 1 unspecified atom stereocenters. The van der Waals surface area contributed by atoms with Gasteiger partial charge in [0.1, 0.15) is 11.9 Å². The average Bonchev–Trinajstić information content (AvgIpc) is 2.40. The maximum Gasteiger partial charge on any atom is 0.250 e. The predicted molar refractivity (Wildman–Crippen MR) is 89.0 cm³/mol. The Morgan fingerprint density at radius 3 is 2.19 bits per heavy atom. The number of aryl methyl sites for hydroxylation is 1. The quantitative estimate of drug-likeness (QED) is 0.724. The van der Waals surface area contributed by atoms with Crippen molar-refractivity contribution in [2.45, 2.75) is 57.8 Å². The Hall–Kier alpha value is -1.31. The van der Waals surface area contributed by atoms with Gasteiger partial charge in [-0.15, -0.1) is 0 Å². The van der Waals surface area contributed by atoms with E-state index in [1.807, 2.05) is 12.1 Å². The molecule has 1 aromatic carbocycles. The number of methoxy groups -OCH3 is 1. The SMILES string of the molecule is COC(C#N)CCc1ccc(O[Si](C)(C)C(C)(C)C)cc1. The summed E-state index contributed by atoms with van der Waals surface area (Å²) in [6.45, 7) is 11.2. The summed E-state index contributed by atoms with van der Waals surface area (Å²) in [6, 6.07) is 10.4. The highest BCUT2D eigenvalue weighted by Gasteiger charge is 2.38. The van der Waals surface area contributed by atoms with Crippen molar-refractivity contribution in [2.75, 3.05) is 7.11 Å². The highest BCUT2D eigenvalue weighted by Crippen LogP contribution is 2.37. The monoisotopic (exact) mass is 305 g/mol. The predicted octanol–water partition coefficient (Wildman–Crippen LogP) is 4.54. The van der Waals surface area contributed by atoms with Crippen LogP contribution in [0.15, 0.2) is 24.3 Å². The van der Waals surface area contributed by atoms with Gasteiger partial charge in [0.05, 0.1) is 6.07 Å². The van der Waals surface area contributed by atoms with Crippen LogP contribution in [0.25, 0.3) is 0 Å². The second-order valence-electron chi connectivity index (χ2n) is 6.90. The Morgan fingerprint density at radius 2 is 1.76 bits per heavy atom. The molecule has 1 aromatic rings. The summed E-state index contributed by atoms with van der Waals surface area (Å²) in [5.74, 6) is 0.939. The number of hydrogen-bond donors (Lipinski definition) is 0. The van der Waals surface area contributed by atoms with Gasteiger partial charge in [-0.2, -0.15) is 5.26 Å². The first kappa shape index (κ1) is 17.7. The number of nitriles is 1. The molecule has 0 saturated heterocycles. The van der Waals surface area contributed by atoms with Crippen LogP contribution in [-0.2, 0) is 11.2 Å². The zero-order chi connectivity index (χ0) is 16.1. The summed E-state index contributed by atoms with van der Waals surface area (Å²) in [7, 11) is -0.201. The molecule has 3 nitrogen and oxygen atoms in total. The van der Waals surface area contributed by atoms with Crippen LogP contribution in [0.2, 0.25) is 18.1 Å². The van der Waals surface area contributed by atoms with Gasteiger partial charge in [-0.05, 0) is 48.7 Å². The number of hydrogen-bond acceptors (Lipinski definition) is 3. The highest BCUT2D eigenvalue weighted by molar-refractivity contribution is 6.74. The number of rotatable bonds is 6. The molecular formula is C17H27NO2Si. The van der Waals surface area contributed by atoms with Gasteiger partial charge in [-0.25, -0.2) is 0 Å². The fraction of sp³-hybridized carbons (Fsp3) is 0.588. The van der Waals surface area contributed by atoms with E-state index in [2.05, 4.69) is 52.1 Å². The zero-order valence-corrected chi connectivity index (χ0v) is 15.1. The molecule has 116 valence electrons. The first-order chi connectivity index (χ1) is 9.69. The van der Waals surface area contributed by atoms with Crippen LogP contribution >= 0.6 is 0 Å². The van der Waals surface area contributed by atoms with Crippen LogP contribution in [0.1, 0.15) is 32.8 Å². The summed E-state index contributed by atoms with van der Waals surface area (Å²) in [4.78, 5) is 0. The van der Waals surface area contributed by atoms with Crippen LogP contribution in [0.3, 0.4) is 0 Å². The van der Waals surface area contributed by atoms with E-state index in [4.69, 9.17) is 14.4 Å². The third-order valence-electron chi connectivity index (χ3n) is 4.23. The lowest BCUT2D eigenvalue weighted by atomic mass is 10.1. The van der Waals surface area contributed by atoms with Gasteiger partial charge in [0.2, 0.25) is 8.32 Å². The van der Waals surface area contributed by atoms with Crippen LogP contribution in [0.5, 0.6) is 5.75 Å². The number of benzene rings is 1. The fourth-order valence-electron chi connectivity index (χ4n) is 1.70. The Labute approximate surface area is 130 Å². The summed E-state index contributed by atoms with van der Waals surface area (Å²) in [6.07, 6.45) is 1.23. The fourth-order valence-corrected chi connectivity index (χ4v) is 2.74. The van der Waals surface area contributed by atoms with Crippen molar-refractivity contribution < 1.29 is 9.16 Å². The van der Waals surface area contributed by atoms with Gasteiger partial charge in [-0.1, -0.05) is 32.9 Å². The van der Waals surface area contributed by atoms with Crippen LogP contribution in [0.4, 0.5) is 0 Å². The summed E-state index contributed by atoms with van der Waals surface area (Å²) in [5, 5.41) is 9.06.